The van der Waals surface area contributed by atoms with Crippen molar-refractivity contribution >= 4 is 34.1 Å². The average molecular weight is 347 g/mol. The van der Waals surface area contributed by atoms with Gasteiger partial charge in [0, 0.05) is 17.3 Å². The summed E-state index contributed by atoms with van der Waals surface area (Å²) in [5, 5.41) is 6.58. The van der Waals surface area contributed by atoms with Crippen LogP contribution in [0.2, 0.25) is 0 Å². The van der Waals surface area contributed by atoms with Crippen molar-refractivity contribution in [3.63, 3.8) is 0 Å². The van der Waals surface area contributed by atoms with Crippen molar-refractivity contribution in [1.82, 2.24) is 4.98 Å². The van der Waals surface area contributed by atoms with Gasteiger partial charge in [-0.05, 0) is 36.6 Å². The highest BCUT2D eigenvalue weighted by molar-refractivity contribution is 6.10. The van der Waals surface area contributed by atoms with E-state index in [1.807, 2.05) is 56.3 Å². The molecular weight excluding hydrogens is 326 g/mol. The van der Waals surface area contributed by atoms with Gasteiger partial charge in [0.15, 0.2) is 0 Å². The molecule has 1 aromatic heterocycles. The Labute approximate surface area is 152 Å². The van der Waals surface area contributed by atoms with Crippen molar-refractivity contribution in [2.45, 2.75) is 26.7 Å². The van der Waals surface area contributed by atoms with Gasteiger partial charge in [-0.25, -0.2) is 0 Å². The second-order valence-corrected chi connectivity index (χ2v) is 6.12. The number of amides is 2. The molecule has 2 aromatic carbocycles. The number of benzene rings is 2. The molecule has 0 radical (unpaired) electrons. The molecule has 2 N–H and O–H groups in total. The van der Waals surface area contributed by atoms with Crippen LogP contribution in [-0.4, -0.2) is 16.8 Å². The Morgan fingerprint density at radius 2 is 1.69 bits per heavy atom. The van der Waals surface area contributed by atoms with E-state index >= 15 is 0 Å². The molecule has 0 aliphatic rings. The molecule has 0 aliphatic heterocycles. The van der Waals surface area contributed by atoms with E-state index in [0.29, 0.717) is 11.2 Å². The number of para-hydroxylation sites is 2. The number of anilines is 2. The molecule has 5 heteroatoms. The summed E-state index contributed by atoms with van der Waals surface area (Å²) < 4.78 is 0. The molecule has 26 heavy (non-hydrogen) atoms. The molecule has 1 heterocycles. The first-order valence-electron chi connectivity index (χ1n) is 8.60. The van der Waals surface area contributed by atoms with E-state index in [4.69, 9.17) is 0 Å². The first-order valence-corrected chi connectivity index (χ1v) is 8.60. The SMILES string of the molecule is CCc1cccc(C)c1NC(=O)CC(=O)Nc1cccc2cccnc12. The monoisotopic (exact) mass is 347 g/mol. The summed E-state index contributed by atoms with van der Waals surface area (Å²) in [4.78, 5) is 28.9. The van der Waals surface area contributed by atoms with Gasteiger partial charge >= 0.3 is 0 Å². The van der Waals surface area contributed by atoms with Crippen LogP contribution in [0.3, 0.4) is 0 Å². The lowest BCUT2D eigenvalue weighted by Gasteiger charge is -2.13. The van der Waals surface area contributed by atoms with Crippen LogP contribution in [0.4, 0.5) is 11.4 Å². The van der Waals surface area contributed by atoms with Crippen molar-refractivity contribution in [1.29, 1.82) is 0 Å². The minimum atomic E-state index is -0.368. The Kier molecular flexibility index (Phi) is 5.27. The minimum absolute atomic E-state index is 0.249. The normalized spacial score (nSPS) is 10.5. The Bertz CT molecular complexity index is 961. The van der Waals surface area contributed by atoms with Gasteiger partial charge < -0.3 is 10.6 Å². The van der Waals surface area contributed by atoms with Gasteiger partial charge in [-0.2, -0.15) is 0 Å². The summed E-state index contributed by atoms with van der Waals surface area (Å²) in [5.41, 5.74) is 4.13. The number of nitrogens with zero attached hydrogens (tertiary/aromatic N) is 1. The third kappa shape index (κ3) is 3.88. The van der Waals surface area contributed by atoms with Crippen molar-refractivity contribution in [2.24, 2.45) is 0 Å². The fourth-order valence-corrected chi connectivity index (χ4v) is 2.93. The highest BCUT2D eigenvalue weighted by Gasteiger charge is 2.14. The van der Waals surface area contributed by atoms with Crippen LogP contribution in [0, 0.1) is 6.92 Å². The molecule has 0 aliphatic carbocycles. The van der Waals surface area contributed by atoms with Gasteiger partial charge in [0.05, 0.1) is 11.2 Å². The molecule has 132 valence electrons. The Morgan fingerprint density at radius 1 is 0.962 bits per heavy atom. The second-order valence-electron chi connectivity index (χ2n) is 6.12. The van der Waals surface area contributed by atoms with E-state index in [-0.39, 0.29) is 18.2 Å². The zero-order chi connectivity index (χ0) is 18.5. The van der Waals surface area contributed by atoms with Crippen molar-refractivity contribution in [3.05, 3.63) is 65.9 Å². The Morgan fingerprint density at radius 3 is 2.50 bits per heavy atom. The molecule has 3 aromatic rings. The van der Waals surface area contributed by atoms with Gasteiger partial charge in [-0.3, -0.25) is 14.6 Å². The number of aryl methyl sites for hydroxylation is 2. The first-order chi connectivity index (χ1) is 12.6. The maximum Gasteiger partial charge on any atom is 0.233 e. The lowest BCUT2D eigenvalue weighted by molar-refractivity contribution is -0.123. The number of hydrogen-bond acceptors (Lipinski definition) is 3. The number of nitrogens with one attached hydrogen (secondary N) is 2. The highest BCUT2D eigenvalue weighted by Crippen LogP contribution is 2.22. The van der Waals surface area contributed by atoms with Crippen LogP contribution in [-0.2, 0) is 16.0 Å². The number of pyridine rings is 1. The summed E-state index contributed by atoms with van der Waals surface area (Å²) in [6, 6.07) is 15.2. The second kappa shape index (κ2) is 7.78. The molecule has 2 amide bonds. The molecule has 0 fully saturated rings. The summed E-state index contributed by atoms with van der Waals surface area (Å²) in [5.74, 6) is -0.702. The van der Waals surface area contributed by atoms with Crippen molar-refractivity contribution in [3.8, 4) is 0 Å². The van der Waals surface area contributed by atoms with Crippen LogP contribution in [0.1, 0.15) is 24.5 Å². The summed E-state index contributed by atoms with van der Waals surface area (Å²) in [7, 11) is 0. The Balaban J connectivity index is 1.69. The number of rotatable bonds is 5. The maximum atomic E-state index is 12.3. The van der Waals surface area contributed by atoms with Crippen LogP contribution in [0.15, 0.2) is 54.7 Å². The van der Waals surface area contributed by atoms with Crippen LogP contribution >= 0.6 is 0 Å². The fourth-order valence-electron chi connectivity index (χ4n) is 2.93. The molecule has 3 rings (SSSR count). The zero-order valence-electron chi connectivity index (χ0n) is 14.9. The van der Waals surface area contributed by atoms with Crippen molar-refractivity contribution in [2.75, 3.05) is 10.6 Å². The lowest BCUT2D eigenvalue weighted by Crippen LogP contribution is -2.22. The largest absolute Gasteiger partial charge is 0.325 e. The van der Waals surface area contributed by atoms with Gasteiger partial charge in [0.2, 0.25) is 11.8 Å². The average Bonchev–Trinajstić information content (AvgIpc) is 2.63. The van der Waals surface area contributed by atoms with Gasteiger partial charge in [-0.15, -0.1) is 0 Å². The summed E-state index contributed by atoms with van der Waals surface area (Å²) in [6.45, 7) is 3.97. The van der Waals surface area contributed by atoms with Crippen LogP contribution < -0.4 is 10.6 Å². The lowest BCUT2D eigenvalue weighted by atomic mass is 10.1. The molecule has 0 saturated heterocycles. The third-order valence-electron chi connectivity index (χ3n) is 4.23. The number of fused-ring (bicyclic) bond motifs is 1. The van der Waals surface area contributed by atoms with E-state index in [0.717, 1.165) is 28.6 Å². The molecule has 0 unspecified atom stereocenters. The van der Waals surface area contributed by atoms with E-state index in [2.05, 4.69) is 15.6 Å². The van der Waals surface area contributed by atoms with Gasteiger partial charge in [0.1, 0.15) is 6.42 Å². The Hall–Kier alpha value is -3.21. The number of hydrogen-bond donors (Lipinski definition) is 2. The zero-order valence-corrected chi connectivity index (χ0v) is 14.9. The molecule has 0 spiro atoms. The molecule has 5 nitrogen and oxygen atoms in total. The molecule has 0 atom stereocenters. The summed E-state index contributed by atoms with van der Waals surface area (Å²) >= 11 is 0. The van der Waals surface area contributed by atoms with E-state index in [1.54, 1.807) is 12.3 Å². The molecular formula is C21H21N3O2. The van der Waals surface area contributed by atoms with Crippen LogP contribution in [0.5, 0.6) is 0 Å². The van der Waals surface area contributed by atoms with E-state index < -0.39 is 0 Å². The van der Waals surface area contributed by atoms with Gasteiger partial charge in [0.25, 0.3) is 0 Å². The number of carbonyl (C=O) groups excluding carboxylic acids is 2. The number of aromatic nitrogens is 1. The fraction of sp³-hybridized carbons (Fsp3) is 0.190. The summed E-state index contributed by atoms with van der Waals surface area (Å²) in [6.07, 6.45) is 2.24. The highest BCUT2D eigenvalue weighted by atomic mass is 16.2. The van der Waals surface area contributed by atoms with Crippen LogP contribution in [0.25, 0.3) is 10.9 Å². The van der Waals surface area contributed by atoms with Crippen molar-refractivity contribution < 1.29 is 9.59 Å². The predicted molar refractivity (Wildman–Crippen MR) is 104 cm³/mol. The third-order valence-corrected chi connectivity index (χ3v) is 4.23. The van der Waals surface area contributed by atoms with E-state index in [9.17, 15) is 9.59 Å². The number of carbonyl (C=O) groups is 2. The topological polar surface area (TPSA) is 71.1 Å². The molecule has 0 saturated carbocycles. The van der Waals surface area contributed by atoms with Gasteiger partial charge in [-0.1, -0.05) is 43.3 Å². The quantitative estimate of drug-likeness (QED) is 0.683. The minimum Gasteiger partial charge on any atom is -0.325 e. The maximum absolute atomic E-state index is 12.3. The smallest absolute Gasteiger partial charge is 0.233 e. The molecule has 0 bridgehead atoms. The first kappa shape index (κ1) is 17.6. The standard InChI is InChI=1S/C21H21N3O2/c1-3-15-8-4-7-14(2)20(15)24-19(26)13-18(25)23-17-11-5-9-16-10-6-12-22-21(16)17/h4-12H,3,13H2,1-2H3,(H,23,25)(H,24,26). The predicted octanol–water partition coefficient (Wildman–Crippen LogP) is 4.07. The van der Waals surface area contributed by atoms with E-state index in [1.165, 1.54) is 0 Å².